The molecule has 1 saturated heterocycles. The molecule has 1 N–H and O–H groups in total. The fourth-order valence-electron chi connectivity index (χ4n) is 2.09. The predicted molar refractivity (Wildman–Crippen MR) is 69.5 cm³/mol. The standard InChI is InChI=1S/C12H21ClN2O3/c1-9(8-18-2)15-7-10(6-11(15)16)12(17)14-5-3-4-13/h9-10H,3-8H2,1-2H3,(H,14,17)/t9-,10-/m1/s1. The quantitative estimate of drug-likeness (QED) is 0.548. The Balaban J connectivity index is 2.42. The predicted octanol–water partition coefficient (Wildman–Crippen LogP) is 0.615. The number of rotatable bonds is 7. The summed E-state index contributed by atoms with van der Waals surface area (Å²) in [7, 11) is 1.60. The van der Waals surface area contributed by atoms with Crippen LogP contribution in [0.5, 0.6) is 0 Å². The maximum absolute atomic E-state index is 11.8. The van der Waals surface area contributed by atoms with Crippen LogP contribution in [-0.4, -0.2) is 55.4 Å². The van der Waals surface area contributed by atoms with Gasteiger partial charge in [0.15, 0.2) is 0 Å². The Morgan fingerprint density at radius 1 is 1.67 bits per heavy atom. The molecule has 0 bridgehead atoms. The van der Waals surface area contributed by atoms with Crippen LogP contribution >= 0.6 is 11.6 Å². The fraction of sp³-hybridized carbons (Fsp3) is 0.833. The van der Waals surface area contributed by atoms with Crippen molar-refractivity contribution in [3.05, 3.63) is 0 Å². The van der Waals surface area contributed by atoms with Crippen LogP contribution in [-0.2, 0) is 14.3 Å². The highest BCUT2D eigenvalue weighted by Crippen LogP contribution is 2.20. The summed E-state index contributed by atoms with van der Waals surface area (Å²) in [4.78, 5) is 25.3. The van der Waals surface area contributed by atoms with E-state index >= 15 is 0 Å². The van der Waals surface area contributed by atoms with Gasteiger partial charge in [-0.25, -0.2) is 0 Å². The molecule has 6 heteroatoms. The van der Waals surface area contributed by atoms with Gasteiger partial charge in [0.25, 0.3) is 0 Å². The summed E-state index contributed by atoms with van der Waals surface area (Å²) in [6.07, 6.45) is 1.04. The molecule has 2 amide bonds. The second-order valence-corrected chi connectivity index (χ2v) is 4.96. The lowest BCUT2D eigenvalue weighted by Crippen LogP contribution is -2.39. The summed E-state index contributed by atoms with van der Waals surface area (Å²) in [6.45, 7) is 3.47. The van der Waals surface area contributed by atoms with Crippen molar-refractivity contribution in [3.63, 3.8) is 0 Å². The molecule has 1 rings (SSSR count). The van der Waals surface area contributed by atoms with Crippen LogP contribution in [0.25, 0.3) is 0 Å². The van der Waals surface area contributed by atoms with Gasteiger partial charge in [0, 0.05) is 32.5 Å². The second kappa shape index (κ2) is 7.59. The average molecular weight is 277 g/mol. The molecule has 0 aromatic rings. The van der Waals surface area contributed by atoms with E-state index < -0.39 is 0 Å². The number of ether oxygens (including phenoxy) is 1. The van der Waals surface area contributed by atoms with Crippen molar-refractivity contribution in [2.75, 3.05) is 32.7 Å². The maximum atomic E-state index is 11.8. The van der Waals surface area contributed by atoms with Gasteiger partial charge in [-0.1, -0.05) is 0 Å². The largest absolute Gasteiger partial charge is 0.383 e. The fourth-order valence-corrected chi connectivity index (χ4v) is 2.22. The number of alkyl halides is 1. The van der Waals surface area contributed by atoms with Gasteiger partial charge >= 0.3 is 0 Å². The zero-order chi connectivity index (χ0) is 13.5. The van der Waals surface area contributed by atoms with Gasteiger partial charge in [0.05, 0.1) is 18.6 Å². The third-order valence-corrected chi connectivity index (χ3v) is 3.35. The van der Waals surface area contributed by atoms with Gasteiger partial charge in [0.2, 0.25) is 11.8 Å². The monoisotopic (exact) mass is 276 g/mol. The highest BCUT2D eigenvalue weighted by Gasteiger charge is 2.36. The Morgan fingerprint density at radius 2 is 2.39 bits per heavy atom. The number of carbonyl (C=O) groups excluding carboxylic acids is 2. The second-order valence-electron chi connectivity index (χ2n) is 4.59. The van der Waals surface area contributed by atoms with Crippen LogP contribution in [0, 0.1) is 5.92 Å². The number of nitrogens with one attached hydrogen (secondary N) is 1. The molecule has 1 aliphatic heterocycles. The summed E-state index contributed by atoms with van der Waals surface area (Å²) < 4.78 is 5.03. The molecule has 104 valence electrons. The lowest BCUT2D eigenvalue weighted by molar-refractivity contribution is -0.130. The van der Waals surface area contributed by atoms with E-state index in [1.165, 1.54) is 0 Å². The number of amides is 2. The van der Waals surface area contributed by atoms with E-state index in [2.05, 4.69) is 5.32 Å². The number of methoxy groups -OCH3 is 1. The third-order valence-electron chi connectivity index (χ3n) is 3.08. The number of nitrogens with zero attached hydrogens (tertiary/aromatic N) is 1. The van der Waals surface area contributed by atoms with E-state index in [1.54, 1.807) is 12.0 Å². The molecule has 0 saturated carbocycles. The van der Waals surface area contributed by atoms with Gasteiger partial charge in [-0.2, -0.15) is 0 Å². The number of likely N-dealkylation sites (tertiary alicyclic amines) is 1. The topological polar surface area (TPSA) is 58.6 Å². The first kappa shape index (κ1) is 15.2. The van der Waals surface area contributed by atoms with Gasteiger partial charge in [-0.05, 0) is 13.3 Å². The molecule has 2 atom stereocenters. The van der Waals surface area contributed by atoms with Crippen LogP contribution in [0.15, 0.2) is 0 Å². The number of carbonyl (C=O) groups is 2. The summed E-state index contributed by atoms with van der Waals surface area (Å²) in [5.74, 6) is 0.255. The number of hydrogen-bond acceptors (Lipinski definition) is 3. The highest BCUT2D eigenvalue weighted by atomic mass is 35.5. The summed E-state index contributed by atoms with van der Waals surface area (Å²) in [6, 6.07) is 0.0168. The van der Waals surface area contributed by atoms with Gasteiger partial charge in [0.1, 0.15) is 0 Å². The molecule has 0 aromatic heterocycles. The molecule has 1 heterocycles. The SMILES string of the molecule is COC[C@@H](C)N1C[C@H](C(=O)NCCCCl)CC1=O. The Bertz CT molecular complexity index is 299. The van der Waals surface area contributed by atoms with Crippen LogP contribution in [0.1, 0.15) is 19.8 Å². The first-order valence-corrected chi connectivity index (χ1v) is 6.75. The normalized spacial score (nSPS) is 21.2. The van der Waals surface area contributed by atoms with Crippen molar-refractivity contribution >= 4 is 23.4 Å². The zero-order valence-corrected chi connectivity index (χ0v) is 11.7. The maximum Gasteiger partial charge on any atom is 0.225 e. The lowest BCUT2D eigenvalue weighted by Gasteiger charge is -2.23. The molecular formula is C12H21ClN2O3. The molecule has 0 radical (unpaired) electrons. The number of halogens is 1. The Morgan fingerprint density at radius 3 is 3.00 bits per heavy atom. The Hall–Kier alpha value is -0.810. The van der Waals surface area contributed by atoms with Crippen LogP contribution in [0.3, 0.4) is 0 Å². The van der Waals surface area contributed by atoms with Crippen LogP contribution in [0.2, 0.25) is 0 Å². The Kier molecular flexibility index (Phi) is 6.43. The minimum absolute atomic E-state index is 0.0168. The van der Waals surface area contributed by atoms with Gasteiger partial charge in [-0.3, -0.25) is 9.59 Å². The van der Waals surface area contributed by atoms with E-state index in [9.17, 15) is 9.59 Å². The summed E-state index contributed by atoms with van der Waals surface area (Å²) in [5, 5.41) is 2.80. The highest BCUT2D eigenvalue weighted by molar-refractivity contribution is 6.17. The molecule has 0 aliphatic carbocycles. The summed E-state index contributed by atoms with van der Waals surface area (Å²) in [5.41, 5.74) is 0. The first-order chi connectivity index (χ1) is 8.60. The van der Waals surface area contributed by atoms with Crippen molar-refractivity contribution in [1.29, 1.82) is 0 Å². The Labute approximate surface area is 113 Å². The van der Waals surface area contributed by atoms with Crippen molar-refractivity contribution in [1.82, 2.24) is 10.2 Å². The molecule has 0 spiro atoms. The average Bonchev–Trinajstić information content (AvgIpc) is 2.72. The lowest BCUT2D eigenvalue weighted by atomic mass is 10.1. The van der Waals surface area contributed by atoms with E-state index in [1.807, 2.05) is 6.92 Å². The number of hydrogen-bond donors (Lipinski definition) is 1. The molecule has 5 nitrogen and oxygen atoms in total. The molecule has 0 unspecified atom stereocenters. The smallest absolute Gasteiger partial charge is 0.225 e. The minimum atomic E-state index is -0.243. The van der Waals surface area contributed by atoms with E-state index in [0.717, 1.165) is 6.42 Å². The zero-order valence-electron chi connectivity index (χ0n) is 10.9. The van der Waals surface area contributed by atoms with Gasteiger partial charge < -0.3 is 15.0 Å². The first-order valence-electron chi connectivity index (χ1n) is 6.22. The van der Waals surface area contributed by atoms with E-state index in [4.69, 9.17) is 16.3 Å². The molecule has 1 aliphatic rings. The van der Waals surface area contributed by atoms with Crippen LogP contribution < -0.4 is 5.32 Å². The third kappa shape index (κ3) is 4.14. The van der Waals surface area contributed by atoms with Crippen LogP contribution in [0.4, 0.5) is 0 Å². The minimum Gasteiger partial charge on any atom is -0.383 e. The summed E-state index contributed by atoms with van der Waals surface area (Å²) >= 11 is 5.54. The molecule has 0 aromatic carbocycles. The van der Waals surface area contributed by atoms with Crippen molar-refractivity contribution in [2.24, 2.45) is 5.92 Å². The van der Waals surface area contributed by atoms with Gasteiger partial charge in [-0.15, -0.1) is 11.6 Å². The van der Waals surface area contributed by atoms with E-state index in [-0.39, 0.29) is 23.8 Å². The van der Waals surface area contributed by atoms with Crippen molar-refractivity contribution in [2.45, 2.75) is 25.8 Å². The molecular weight excluding hydrogens is 256 g/mol. The van der Waals surface area contributed by atoms with Crippen molar-refractivity contribution < 1.29 is 14.3 Å². The van der Waals surface area contributed by atoms with E-state index in [0.29, 0.717) is 32.0 Å². The molecule has 18 heavy (non-hydrogen) atoms. The van der Waals surface area contributed by atoms with Crippen molar-refractivity contribution in [3.8, 4) is 0 Å². The molecule has 1 fully saturated rings.